The van der Waals surface area contributed by atoms with E-state index in [-0.39, 0.29) is 6.04 Å². The van der Waals surface area contributed by atoms with Crippen molar-refractivity contribution in [2.75, 3.05) is 0 Å². The van der Waals surface area contributed by atoms with E-state index in [0.29, 0.717) is 18.5 Å². The molecular weight excluding hydrogens is 195 g/mol. The Hall–Kier alpha value is -1.04. The van der Waals surface area contributed by atoms with Crippen molar-refractivity contribution >= 4 is 0 Å². The first-order chi connectivity index (χ1) is 6.39. The number of aromatic amines is 1. The van der Waals surface area contributed by atoms with E-state index in [4.69, 9.17) is 5.73 Å². The van der Waals surface area contributed by atoms with E-state index in [1.165, 1.54) is 0 Å². The van der Waals surface area contributed by atoms with Gasteiger partial charge in [-0.05, 0) is 25.8 Å². The maximum Gasteiger partial charge on any atom is 0.435 e. The lowest BCUT2D eigenvalue weighted by atomic mass is 10.1. The van der Waals surface area contributed by atoms with Gasteiger partial charge in [-0.3, -0.25) is 5.10 Å². The molecule has 0 spiro atoms. The van der Waals surface area contributed by atoms with Gasteiger partial charge in [0.05, 0.1) is 0 Å². The number of nitrogens with zero attached hydrogens (tertiary/aromatic N) is 1. The van der Waals surface area contributed by atoms with E-state index in [1.807, 2.05) is 0 Å². The highest BCUT2D eigenvalue weighted by molar-refractivity contribution is 5.11. The molecule has 0 aliphatic carbocycles. The van der Waals surface area contributed by atoms with E-state index in [2.05, 4.69) is 10.2 Å². The summed E-state index contributed by atoms with van der Waals surface area (Å²) >= 11 is 0. The summed E-state index contributed by atoms with van der Waals surface area (Å²) in [5, 5.41) is 5.52. The molecule has 0 fully saturated rings. The predicted molar refractivity (Wildman–Crippen MR) is 45.6 cm³/mol. The molecule has 0 saturated carbocycles. The van der Waals surface area contributed by atoms with E-state index in [1.54, 1.807) is 6.92 Å². The minimum absolute atomic E-state index is 0.0207. The summed E-state index contributed by atoms with van der Waals surface area (Å²) in [4.78, 5) is 0. The number of aryl methyl sites for hydroxylation is 1. The van der Waals surface area contributed by atoms with Crippen LogP contribution in [0.2, 0.25) is 0 Å². The van der Waals surface area contributed by atoms with Crippen molar-refractivity contribution in [3.05, 3.63) is 17.5 Å². The fourth-order valence-electron chi connectivity index (χ4n) is 1.02. The zero-order valence-electron chi connectivity index (χ0n) is 7.73. The van der Waals surface area contributed by atoms with E-state index in [9.17, 15) is 13.2 Å². The number of alkyl halides is 3. The normalized spacial score (nSPS) is 14.4. The number of hydrogen-bond acceptors (Lipinski definition) is 2. The summed E-state index contributed by atoms with van der Waals surface area (Å²) in [6.45, 7) is 1.81. The van der Waals surface area contributed by atoms with Crippen LogP contribution in [0.5, 0.6) is 0 Å². The lowest BCUT2D eigenvalue weighted by molar-refractivity contribution is -0.141. The van der Waals surface area contributed by atoms with E-state index in [0.717, 1.165) is 6.07 Å². The molecule has 80 valence electrons. The van der Waals surface area contributed by atoms with Gasteiger partial charge >= 0.3 is 6.18 Å². The fraction of sp³-hybridized carbons (Fsp3) is 0.625. The summed E-state index contributed by atoms with van der Waals surface area (Å²) in [7, 11) is 0. The summed E-state index contributed by atoms with van der Waals surface area (Å²) in [5.74, 6) is 0. The Kier molecular flexibility index (Phi) is 3.15. The van der Waals surface area contributed by atoms with Gasteiger partial charge in [-0.2, -0.15) is 18.3 Å². The second-order valence-corrected chi connectivity index (χ2v) is 3.29. The van der Waals surface area contributed by atoms with E-state index < -0.39 is 11.9 Å². The molecular formula is C8H12F3N3. The molecule has 0 aromatic carbocycles. The fourth-order valence-corrected chi connectivity index (χ4v) is 1.02. The minimum atomic E-state index is -4.37. The molecule has 1 aromatic heterocycles. The van der Waals surface area contributed by atoms with Crippen LogP contribution in [-0.4, -0.2) is 16.2 Å². The summed E-state index contributed by atoms with van der Waals surface area (Å²) in [6.07, 6.45) is -3.25. The van der Waals surface area contributed by atoms with Gasteiger partial charge in [-0.25, -0.2) is 0 Å². The molecule has 14 heavy (non-hydrogen) atoms. The second-order valence-electron chi connectivity index (χ2n) is 3.29. The predicted octanol–water partition coefficient (Wildman–Crippen LogP) is 1.71. The first-order valence-corrected chi connectivity index (χ1v) is 4.26. The number of H-pyrrole nitrogens is 1. The molecule has 0 saturated heterocycles. The SMILES string of the molecule is C[C@@H](N)CCc1cc(C(F)(F)F)n[nH]1. The van der Waals surface area contributed by atoms with Crippen LogP contribution in [0.3, 0.4) is 0 Å². The Morgan fingerprint density at radius 1 is 1.57 bits per heavy atom. The average Bonchev–Trinajstić information content (AvgIpc) is 2.47. The first-order valence-electron chi connectivity index (χ1n) is 4.26. The molecule has 3 nitrogen and oxygen atoms in total. The van der Waals surface area contributed by atoms with Crippen LogP contribution in [0.4, 0.5) is 13.2 Å². The number of aromatic nitrogens is 2. The number of hydrogen-bond donors (Lipinski definition) is 2. The lowest BCUT2D eigenvalue weighted by Crippen LogP contribution is -2.15. The Morgan fingerprint density at radius 2 is 2.21 bits per heavy atom. The topological polar surface area (TPSA) is 54.7 Å². The molecule has 1 atom stereocenters. The number of nitrogens with one attached hydrogen (secondary N) is 1. The van der Waals surface area contributed by atoms with Crippen LogP contribution in [-0.2, 0) is 12.6 Å². The van der Waals surface area contributed by atoms with Crippen molar-refractivity contribution in [1.82, 2.24) is 10.2 Å². The maximum absolute atomic E-state index is 12.1. The monoisotopic (exact) mass is 207 g/mol. The van der Waals surface area contributed by atoms with Gasteiger partial charge in [0.2, 0.25) is 0 Å². The molecule has 0 bridgehead atoms. The minimum Gasteiger partial charge on any atom is -0.328 e. The average molecular weight is 207 g/mol. The molecule has 6 heteroatoms. The molecule has 0 unspecified atom stereocenters. The molecule has 1 aromatic rings. The zero-order chi connectivity index (χ0) is 10.8. The second kappa shape index (κ2) is 4.00. The van der Waals surface area contributed by atoms with Crippen LogP contribution in [0.25, 0.3) is 0 Å². The summed E-state index contributed by atoms with van der Waals surface area (Å²) in [5.41, 5.74) is 5.07. The van der Waals surface area contributed by atoms with Crippen molar-refractivity contribution in [3.8, 4) is 0 Å². The van der Waals surface area contributed by atoms with Crippen LogP contribution < -0.4 is 5.73 Å². The van der Waals surface area contributed by atoms with Crippen molar-refractivity contribution in [3.63, 3.8) is 0 Å². The van der Waals surface area contributed by atoms with Crippen molar-refractivity contribution in [2.24, 2.45) is 5.73 Å². The Balaban J connectivity index is 2.60. The van der Waals surface area contributed by atoms with Gasteiger partial charge in [0, 0.05) is 11.7 Å². The third kappa shape index (κ3) is 3.02. The largest absolute Gasteiger partial charge is 0.435 e. The quantitative estimate of drug-likeness (QED) is 0.792. The Labute approximate surface area is 79.5 Å². The van der Waals surface area contributed by atoms with Crippen molar-refractivity contribution in [1.29, 1.82) is 0 Å². The molecule has 1 heterocycles. The lowest BCUT2D eigenvalue weighted by Gasteiger charge is -2.01. The van der Waals surface area contributed by atoms with Crippen molar-refractivity contribution < 1.29 is 13.2 Å². The highest BCUT2D eigenvalue weighted by Crippen LogP contribution is 2.27. The van der Waals surface area contributed by atoms with Gasteiger partial charge in [0.25, 0.3) is 0 Å². The highest BCUT2D eigenvalue weighted by Gasteiger charge is 2.33. The van der Waals surface area contributed by atoms with Gasteiger partial charge in [-0.1, -0.05) is 0 Å². The van der Waals surface area contributed by atoms with Crippen LogP contribution >= 0.6 is 0 Å². The molecule has 0 aliphatic heterocycles. The van der Waals surface area contributed by atoms with Crippen LogP contribution in [0, 0.1) is 0 Å². The van der Waals surface area contributed by atoms with Crippen molar-refractivity contribution in [2.45, 2.75) is 32.0 Å². The van der Waals surface area contributed by atoms with Gasteiger partial charge < -0.3 is 5.73 Å². The molecule has 0 amide bonds. The zero-order valence-corrected chi connectivity index (χ0v) is 7.73. The number of rotatable bonds is 3. The first kappa shape index (κ1) is 11.0. The summed E-state index contributed by atoms with van der Waals surface area (Å²) in [6, 6.07) is 0.996. The van der Waals surface area contributed by atoms with Gasteiger partial charge in [-0.15, -0.1) is 0 Å². The van der Waals surface area contributed by atoms with Gasteiger partial charge in [0.15, 0.2) is 5.69 Å². The van der Waals surface area contributed by atoms with Gasteiger partial charge in [0.1, 0.15) is 0 Å². The third-order valence-electron chi connectivity index (χ3n) is 1.79. The number of nitrogens with two attached hydrogens (primary N) is 1. The molecule has 1 rings (SSSR count). The standard InChI is InChI=1S/C8H12F3N3/c1-5(12)2-3-6-4-7(14-13-6)8(9,10)11/h4-5H,2-3,12H2,1H3,(H,13,14)/t5-/m1/s1. The molecule has 0 radical (unpaired) electrons. The van der Waals surface area contributed by atoms with Crippen LogP contribution in [0.1, 0.15) is 24.7 Å². The Morgan fingerprint density at radius 3 is 2.64 bits per heavy atom. The van der Waals surface area contributed by atoms with Crippen LogP contribution in [0.15, 0.2) is 6.07 Å². The smallest absolute Gasteiger partial charge is 0.328 e. The maximum atomic E-state index is 12.1. The molecule has 3 N–H and O–H groups in total. The third-order valence-corrected chi connectivity index (χ3v) is 1.79. The summed E-state index contributed by atoms with van der Waals surface area (Å²) < 4.78 is 36.3. The van der Waals surface area contributed by atoms with E-state index >= 15 is 0 Å². The highest BCUT2D eigenvalue weighted by atomic mass is 19.4. The number of halogens is 3. The Bertz CT molecular complexity index is 290. The molecule has 0 aliphatic rings.